The molecular formula is C20H25N3O2. The molecule has 1 saturated heterocycles. The van der Waals surface area contributed by atoms with E-state index in [1.54, 1.807) is 18.3 Å². The largest absolute Gasteiger partial charge is 0.439 e. The van der Waals surface area contributed by atoms with E-state index in [1.807, 2.05) is 43.3 Å². The van der Waals surface area contributed by atoms with Gasteiger partial charge in [0.05, 0.1) is 5.56 Å². The number of ether oxygens (including phenoxy) is 1. The molecule has 1 fully saturated rings. The lowest BCUT2D eigenvalue weighted by Gasteiger charge is -2.26. The van der Waals surface area contributed by atoms with Gasteiger partial charge >= 0.3 is 0 Å². The number of carbonyl (C=O) groups is 1. The molecule has 1 aliphatic heterocycles. The Kier molecular flexibility index (Phi) is 5.66. The van der Waals surface area contributed by atoms with E-state index in [2.05, 4.69) is 9.88 Å². The molecule has 0 aliphatic carbocycles. The van der Waals surface area contributed by atoms with Gasteiger partial charge in [-0.2, -0.15) is 0 Å². The number of piperidine rings is 1. The minimum Gasteiger partial charge on any atom is -0.439 e. The van der Waals surface area contributed by atoms with Crippen molar-refractivity contribution in [3.05, 3.63) is 53.7 Å². The standard InChI is InChI=1S/C20H25N3O2/c1-22(2)15-16-6-9-18(10-7-16)25-19-11-8-17(14-21-19)20(24)23-12-4-3-5-13-23/h6-11,14H,3-5,12-13,15H2,1-2H3. The van der Waals surface area contributed by atoms with Crippen LogP contribution in [-0.4, -0.2) is 47.9 Å². The van der Waals surface area contributed by atoms with Gasteiger partial charge in [-0.15, -0.1) is 0 Å². The summed E-state index contributed by atoms with van der Waals surface area (Å²) in [6, 6.07) is 11.5. The number of carbonyl (C=O) groups excluding carboxylic acids is 1. The number of hydrogen-bond acceptors (Lipinski definition) is 4. The van der Waals surface area contributed by atoms with Crippen LogP contribution in [0, 0.1) is 0 Å². The summed E-state index contributed by atoms with van der Waals surface area (Å²) < 4.78 is 5.77. The van der Waals surface area contributed by atoms with Crippen molar-refractivity contribution in [2.75, 3.05) is 27.2 Å². The molecule has 0 radical (unpaired) electrons. The summed E-state index contributed by atoms with van der Waals surface area (Å²) in [7, 11) is 4.09. The van der Waals surface area contributed by atoms with E-state index in [4.69, 9.17) is 4.74 Å². The van der Waals surface area contributed by atoms with Crippen LogP contribution in [0.25, 0.3) is 0 Å². The highest BCUT2D eigenvalue weighted by atomic mass is 16.5. The third-order valence-corrected chi connectivity index (χ3v) is 4.27. The zero-order valence-corrected chi connectivity index (χ0v) is 14.9. The van der Waals surface area contributed by atoms with Crippen LogP contribution in [-0.2, 0) is 6.54 Å². The number of likely N-dealkylation sites (tertiary alicyclic amines) is 1. The highest BCUT2D eigenvalue weighted by molar-refractivity contribution is 5.94. The van der Waals surface area contributed by atoms with Gasteiger partial charge in [-0.05, 0) is 57.1 Å². The number of amides is 1. The van der Waals surface area contributed by atoms with Gasteiger partial charge in [-0.25, -0.2) is 4.98 Å². The number of aromatic nitrogens is 1. The van der Waals surface area contributed by atoms with Crippen molar-refractivity contribution in [1.29, 1.82) is 0 Å². The SMILES string of the molecule is CN(C)Cc1ccc(Oc2ccc(C(=O)N3CCCCC3)cn2)cc1. The smallest absolute Gasteiger partial charge is 0.255 e. The number of nitrogens with zero attached hydrogens (tertiary/aromatic N) is 3. The Morgan fingerprint density at radius 3 is 2.40 bits per heavy atom. The van der Waals surface area contributed by atoms with Crippen molar-refractivity contribution in [2.24, 2.45) is 0 Å². The van der Waals surface area contributed by atoms with E-state index in [1.165, 1.54) is 12.0 Å². The lowest BCUT2D eigenvalue weighted by atomic mass is 10.1. The Balaban J connectivity index is 1.61. The molecule has 132 valence electrons. The maximum absolute atomic E-state index is 12.4. The van der Waals surface area contributed by atoms with Gasteiger partial charge < -0.3 is 14.5 Å². The van der Waals surface area contributed by atoms with Crippen LogP contribution in [0.2, 0.25) is 0 Å². The Labute approximate surface area is 149 Å². The first-order chi connectivity index (χ1) is 12.1. The fourth-order valence-electron chi connectivity index (χ4n) is 3.00. The fourth-order valence-corrected chi connectivity index (χ4v) is 3.00. The van der Waals surface area contributed by atoms with Crippen LogP contribution < -0.4 is 4.74 Å². The Morgan fingerprint density at radius 1 is 1.08 bits per heavy atom. The van der Waals surface area contributed by atoms with Gasteiger partial charge in [0.1, 0.15) is 5.75 Å². The zero-order valence-electron chi connectivity index (χ0n) is 14.9. The van der Waals surface area contributed by atoms with Crippen molar-refractivity contribution >= 4 is 5.91 Å². The quantitative estimate of drug-likeness (QED) is 0.835. The lowest BCUT2D eigenvalue weighted by molar-refractivity contribution is 0.0724. The lowest BCUT2D eigenvalue weighted by Crippen LogP contribution is -2.35. The van der Waals surface area contributed by atoms with Crippen LogP contribution in [0.3, 0.4) is 0 Å². The first kappa shape index (κ1) is 17.4. The second-order valence-electron chi connectivity index (χ2n) is 6.72. The number of pyridine rings is 1. The van der Waals surface area contributed by atoms with Gasteiger partial charge in [0.15, 0.2) is 0 Å². The molecule has 5 nitrogen and oxygen atoms in total. The molecular weight excluding hydrogens is 314 g/mol. The summed E-state index contributed by atoms with van der Waals surface area (Å²) in [5.41, 5.74) is 1.85. The third kappa shape index (κ3) is 4.79. The first-order valence-corrected chi connectivity index (χ1v) is 8.79. The van der Waals surface area contributed by atoms with Crippen molar-refractivity contribution < 1.29 is 9.53 Å². The van der Waals surface area contributed by atoms with E-state index in [-0.39, 0.29) is 5.91 Å². The average molecular weight is 339 g/mol. The van der Waals surface area contributed by atoms with E-state index in [0.29, 0.717) is 11.4 Å². The Hall–Kier alpha value is -2.40. The molecule has 1 aromatic heterocycles. The van der Waals surface area contributed by atoms with Crippen molar-refractivity contribution in [1.82, 2.24) is 14.8 Å². The minimum absolute atomic E-state index is 0.0618. The molecule has 1 aromatic carbocycles. The molecule has 2 aromatic rings. The predicted molar refractivity (Wildman–Crippen MR) is 97.9 cm³/mol. The maximum atomic E-state index is 12.4. The van der Waals surface area contributed by atoms with Crippen LogP contribution in [0.15, 0.2) is 42.6 Å². The normalized spacial score (nSPS) is 14.6. The highest BCUT2D eigenvalue weighted by Gasteiger charge is 2.18. The van der Waals surface area contributed by atoms with Crippen LogP contribution in [0.4, 0.5) is 0 Å². The van der Waals surface area contributed by atoms with Gasteiger partial charge in [0.25, 0.3) is 5.91 Å². The maximum Gasteiger partial charge on any atom is 0.255 e. The minimum atomic E-state index is 0.0618. The molecule has 0 N–H and O–H groups in total. The van der Waals surface area contributed by atoms with Crippen LogP contribution in [0.1, 0.15) is 35.2 Å². The zero-order chi connectivity index (χ0) is 17.6. The number of benzene rings is 1. The summed E-state index contributed by atoms with van der Waals surface area (Å²) in [5, 5.41) is 0. The summed E-state index contributed by atoms with van der Waals surface area (Å²) in [5.74, 6) is 1.30. The summed E-state index contributed by atoms with van der Waals surface area (Å²) in [6.45, 7) is 2.58. The van der Waals surface area contributed by atoms with Gasteiger partial charge in [-0.1, -0.05) is 12.1 Å². The Bertz CT molecular complexity index is 690. The fraction of sp³-hybridized carbons (Fsp3) is 0.400. The first-order valence-electron chi connectivity index (χ1n) is 8.79. The van der Waals surface area contributed by atoms with E-state index < -0.39 is 0 Å². The number of rotatable bonds is 5. The third-order valence-electron chi connectivity index (χ3n) is 4.27. The van der Waals surface area contributed by atoms with Gasteiger partial charge in [0.2, 0.25) is 5.88 Å². The molecule has 0 unspecified atom stereocenters. The van der Waals surface area contributed by atoms with Crippen molar-refractivity contribution in [2.45, 2.75) is 25.8 Å². The highest BCUT2D eigenvalue weighted by Crippen LogP contribution is 2.21. The molecule has 0 atom stereocenters. The summed E-state index contributed by atoms with van der Waals surface area (Å²) in [4.78, 5) is 20.7. The van der Waals surface area contributed by atoms with Gasteiger partial charge in [0, 0.05) is 31.9 Å². The molecule has 0 spiro atoms. The second kappa shape index (κ2) is 8.12. The molecule has 0 saturated carbocycles. The van der Waals surface area contributed by atoms with Crippen LogP contribution in [0.5, 0.6) is 11.6 Å². The van der Waals surface area contributed by atoms with E-state index in [9.17, 15) is 4.79 Å². The van der Waals surface area contributed by atoms with Crippen LogP contribution >= 0.6 is 0 Å². The predicted octanol–water partition coefficient (Wildman–Crippen LogP) is 3.56. The topological polar surface area (TPSA) is 45.7 Å². The van der Waals surface area contributed by atoms with Crippen molar-refractivity contribution in [3.63, 3.8) is 0 Å². The number of hydrogen-bond donors (Lipinski definition) is 0. The summed E-state index contributed by atoms with van der Waals surface area (Å²) in [6.07, 6.45) is 4.99. The van der Waals surface area contributed by atoms with Gasteiger partial charge in [-0.3, -0.25) is 4.79 Å². The molecule has 0 bridgehead atoms. The average Bonchev–Trinajstić information content (AvgIpc) is 2.64. The van der Waals surface area contributed by atoms with Crippen molar-refractivity contribution in [3.8, 4) is 11.6 Å². The molecule has 1 amide bonds. The van der Waals surface area contributed by atoms with E-state index in [0.717, 1.165) is 38.2 Å². The molecule has 25 heavy (non-hydrogen) atoms. The molecule has 2 heterocycles. The molecule has 5 heteroatoms. The Morgan fingerprint density at radius 2 is 1.80 bits per heavy atom. The van der Waals surface area contributed by atoms with E-state index >= 15 is 0 Å². The molecule has 1 aliphatic rings. The summed E-state index contributed by atoms with van der Waals surface area (Å²) >= 11 is 0. The second-order valence-corrected chi connectivity index (χ2v) is 6.72. The monoisotopic (exact) mass is 339 g/mol. The molecule has 3 rings (SSSR count).